The van der Waals surface area contributed by atoms with Crippen molar-refractivity contribution in [2.24, 2.45) is 0 Å². The summed E-state index contributed by atoms with van der Waals surface area (Å²) in [6.45, 7) is 3.18. The van der Waals surface area contributed by atoms with E-state index in [1.165, 1.54) is 133 Å². The summed E-state index contributed by atoms with van der Waals surface area (Å²) in [5.74, 6) is -1.97. The Morgan fingerprint density at radius 2 is 0.508 bits per heavy atom. The van der Waals surface area contributed by atoms with Gasteiger partial charge in [-0.15, -0.1) is 0 Å². The highest BCUT2D eigenvalue weighted by Gasteiger charge is 2.26. The lowest BCUT2D eigenvalue weighted by Crippen LogP contribution is -2.20. The molecule has 3 aromatic heterocycles. The van der Waals surface area contributed by atoms with Crippen molar-refractivity contribution in [3.05, 3.63) is 163 Å². The lowest BCUT2D eigenvalue weighted by molar-refractivity contribution is 0.254. The number of anilines is 12. The smallest absolute Gasteiger partial charge is 0.324 e. The molecule has 0 saturated carbocycles. The molecule has 0 radical (unpaired) electrons. The van der Waals surface area contributed by atoms with Gasteiger partial charge in [0.1, 0.15) is 17.5 Å². The van der Waals surface area contributed by atoms with E-state index in [0.29, 0.717) is 46.6 Å². The Hall–Kier alpha value is -9.93. The van der Waals surface area contributed by atoms with Gasteiger partial charge in [-0.05, 0) is 167 Å². The van der Waals surface area contributed by atoms with Gasteiger partial charge in [-0.3, -0.25) is 25.5 Å². The van der Waals surface area contributed by atoms with Crippen molar-refractivity contribution >= 4 is 191 Å². The zero-order chi connectivity index (χ0) is 96.5. The molecule has 0 fully saturated rings. The van der Waals surface area contributed by atoms with Crippen LogP contribution in [0.4, 0.5) is 69.8 Å². The van der Waals surface area contributed by atoms with E-state index < -0.39 is 196 Å². The highest BCUT2D eigenvalue weighted by molar-refractivity contribution is 7.93. The summed E-state index contributed by atoms with van der Waals surface area (Å²) in [6, 6.07) is 33.5. The number of nitrogens with zero attached hydrogens (tertiary/aromatic N) is 10. The van der Waals surface area contributed by atoms with Gasteiger partial charge in [-0.1, -0.05) is 6.07 Å². The minimum Gasteiger partial charge on any atom is -0.324 e. The van der Waals surface area contributed by atoms with Gasteiger partial charge in [-0.25, -0.2) is 75.6 Å². The van der Waals surface area contributed by atoms with Crippen LogP contribution in [0, 0.1) is 20.8 Å². The largest absolute Gasteiger partial charge is 0.399 e. The van der Waals surface area contributed by atoms with E-state index >= 15 is 0 Å². The Morgan fingerprint density at radius 1 is 0.277 bits per heavy atom. The number of sulfone groups is 6. The normalized spacial score (nSPS) is 12.6. The third-order valence-corrected chi connectivity index (χ3v) is 31.1. The first kappa shape index (κ1) is 107. The molecule has 0 aliphatic carbocycles. The first-order valence-corrected chi connectivity index (χ1v) is 54.1. The fraction of sp³-hybridized carbons (Fsp3) is 0.328. The SMILES string of the molecule is CCN(c1ccc(S(=O)(=O)CCOS(=O)(=O)OC)cc1)c1nc(C)nc(Nc2ccc(S(=O)(=O)CCOS(=O)(=O)OC)cc2)n1.COS(=O)(=O)OCCS(=O)(=O)c1ccc(Nc2nc(C)nc(Nc3ccc(S(=O)(=O)CCOS(=O)(=O)OC)cc3)n2)cc1.COS(=O)(=O)OCCS(=O)(=O)c1ccc(Nc2nc(C)nc(Nc3cccc(S(=O)(=O)CCOS(=O)(=O)O)c3)n2)cc1. The average Bonchev–Trinajstić information content (AvgIpc) is 0.796. The molecule has 6 aromatic carbocycles. The second kappa shape index (κ2) is 45.9. The minimum atomic E-state index is -4.78. The monoisotopic (exact) mass is 2060 g/mol. The van der Waals surface area contributed by atoms with Crippen molar-refractivity contribution in [1.29, 1.82) is 0 Å². The van der Waals surface area contributed by atoms with Crippen molar-refractivity contribution in [2.75, 3.05) is 148 Å². The molecule has 0 atom stereocenters. The van der Waals surface area contributed by atoms with Gasteiger partial charge in [0.05, 0.1) is 139 Å². The van der Waals surface area contributed by atoms with E-state index in [1.807, 2.05) is 6.92 Å². The Kier molecular flexibility index (Phi) is 37.9. The molecule has 6 N–H and O–H groups in total. The van der Waals surface area contributed by atoms with Crippen molar-refractivity contribution in [1.82, 2.24) is 44.9 Å². The molecule has 0 saturated heterocycles. The van der Waals surface area contributed by atoms with E-state index in [-0.39, 0.29) is 76.6 Å². The summed E-state index contributed by atoms with van der Waals surface area (Å²) in [6.07, 6.45) is 0. The zero-order valence-corrected chi connectivity index (χ0v) is 79.0. The molecule has 63 heteroatoms. The number of hydrogen-bond acceptors (Lipinski definition) is 50. The first-order chi connectivity index (χ1) is 60.5. The van der Waals surface area contributed by atoms with Crippen LogP contribution in [0.5, 0.6) is 0 Å². The third-order valence-electron chi connectivity index (χ3n) is 16.1. The standard InChI is InChI=1S/C24H31N5O12S4.C22H27N5O12S4.C21H25N5O12S4/c1-5-29(20-8-12-22(13-9-20)43(32,33)17-15-41-45(36,37)39-4)24-26-18(2)25-23(28-24)27-19-6-10-21(11-7-19)42(30,31)16-14-40-44(34,35)38-3;1-16-23-21(25-17-4-8-19(9-5-17)40(28,29)14-12-38-42(32,33)36-2)27-22(24-16)26-18-6-10-20(11-7-18)41(30,31)15-13-39-43(34,35)37-3;1-15-22-20(24-16-6-8-18(9-7-16)39(27,28)13-11-38-42(34,35)36-2)26-21(23-15)25-17-4-3-5-19(14-17)40(29,30)12-10-37-41(31,32)33/h6-13H,5,14-17H2,1-4H3,(H,25,26,27,28);4-11H,12-15H2,1-3H3,(H2,23,24,25,26,27);3-9,14H,10-13H2,1-2H3,(H,31,32,33)(H2,22,23,24,25,26). The highest BCUT2D eigenvalue weighted by atomic mass is 32.3. The Balaban J connectivity index is 0.000000267. The molecule has 9 rings (SSSR count). The van der Waals surface area contributed by atoms with Crippen LogP contribution >= 0.6 is 0 Å². The molecule has 714 valence electrons. The van der Waals surface area contributed by atoms with Crippen molar-refractivity contribution in [3.63, 3.8) is 0 Å². The maximum absolute atomic E-state index is 12.6. The summed E-state index contributed by atoms with van der Waals surface area (Å²) < 4.78 is 339. The zero-order valence-electron chi connectivity index (χ0n) is 69.2. The highest BCUT2D eigenvalue weighted by Crippen LogP contribution is 2.29. The number of benzene rings is 6. The van der Waals surface area contributed by atoms with Gasteiger partial charge in [0.2, 0.25) is 35.7 Å². The Morgan fingerprint density at radius 3 is 0.762 bits per heavy atom. The van der Waals surface area contributed by atoms with Gasteiger partial charge in [0.15, 0.2) is 59.0 Å². The molecule has 130 heavy (non-hydrogen) atoms. The van der Waals surface area contributed by atoms with Crippen LogP contribution in [0.1, 0.15) is 24.4 Å². The van der Waals surface area contributed by atoms with Crippen LogP contribution in [0.2, 0.25) is 0 Å². The van der Waals surface area contributed by atoms with Crippen LogP contribution in [0.15, 0.2) is 175 Å². The number of aromatic nitrogens is 9. The quantitative estimate of drug-likeness (QED) is 0.0297. The fourth-order valence-corrected chi connectivity index (χ4v) is 19.3. The average molecular weight is 2060 g/mol. The third kappa shape index (κ3) is 35.0. The molecule has 51 nitrogen and oxygen atoms in total. The van der Waals surface area contributed by atoms with Crippen LogP contribution in [-0.2, 0) is 167 Å². The topological polar surface area (TPSA) is 711 Å². The lowest BCUT2D eigenvalue weighted by Gasteiger charge is -2.22. The molecule has 0 bridgehead atoms. The second-order valence-electron chi connectivity index (χ2n) is 25.2. The van der Waals surface area contributed by atoms with Gasteiger partial charge in [0, 0.05) is 40.7 Å². The minimum absolute atomic E-state index is 0.0412. The van der Waals surface area contributed by atoms with Crippen LogP contribution in [0.25, 0.3) is 0 Å². The number of aryl methyl sites for hydroxylation is 3. The molecule has 0 aliphatic rings. The van der Waals surface area contributed by atoms with Gasteiger partial charge in [-0.2, -0.15) is 95.4 Å². The molecule has 0 spiro atoms. The summed E-state index contributed by atoms with van der Waals surface area (Å²) >= 11 is 0. The van der Waals surface area contributed by atoms with Crippen molar-refractivity contribution in [2.45, 2.75) is 57.1 Å². The van der Waals surface area contributed by atoms with E-state index in [4.69, 9.17) is 4.55 Å². The Labute approximate surface area is 749 Å². The first-order valence-electron chi connectivity index (χ1n) is 36.2. The van der Waals surface area contributed by atoms with Gasteiger partial charge >= 0.3 is 62.4 Å². The molecule has 0 unspecified atom stereocenters. The summed E-state index contributed by atoms with van der Waals surface area (Å²) in [7, 11) is -44.9. The maximum atomic E-state index is 12.6. The summed E-state index contributed by atoms with van der Waals surface area (Å²) in [5.41, 5.74) is 2.56. The van der Waals surface area contributed by atoms with E-state index in [1.54, 1.807) is 37.8 Å². The van der Waals surface area contributed by atoms with Crippen LogP contribution < -0.4 is 31.5 Å². The number of nitrogens with one attached hydrogen (secondary N) is 5. The number of hydrogen-bond donors (Lipinski definition) is 6. The van der Waals surface area contributed by atoms with E-state index in [9.17, 15) is 101 Å². The summed E-state index contributed by atoms with van der Waals surface area (Å²) in [5, 5.41) is 14.6. The predicted molar refractivity (Wildman–Crippen MR) is 461 cm³/mol. The molecular formula is C67H83N15O36S12. The van der Waals surface area contributed by atoms with Crippen LogP contribution in [-0.4, -0.2) is 267 Å². The Bertz CT molecular complexity index is 6790. The predicted octanol–water partition coefficient (Wildman–Crippen LogP) is 3.42. The summed E-state index contributed by atoms with van der Waals surface area (Å²) in [4.78, 5) is 39.5. The maximum Gasteiger partial charge on any atom is 0.399 e. The molecule has 3 heterocycles. The molecule has 0 aliphatic heterocycles. The van der Waals surface area contributed by atoms with E-state index in [2.05, 4.69) is 117 Å². The molecule has 0 amide bonds. The van der Waals surface area contributed by atoms with Gasteiger partial charge < -0.3 is 31.5 Å². The molecule has 9 aromatic rings. The van der Waals surface area contributed by atoms with Crippen molar-refractivity contribution < 1.29 is 152 Å². The second-order valence-corrected chi connectivity index (χ2v) is 45.9. The lowest BCUT2D eigenvalue weighted by atomic mass is 10.3. The van der Waals surface area contributed by atoms with Crippen LogP contribution in [0.3, 0.4) is 0 Å². The number of rotatable bonds is 48. The van der Waals surface area contributed by atoms with Crippen molar-refractivity contribution in [3.8, 4) is 0 Å². The fourth-order valence-electron chi connectivity index (χ4n) is 9.93. The van der Waals surface area contributed by atoms with E-state index in [0.717, 1.165) is 35.5 Å². The molecular weight excluding hydrogens is 1980 g/mol. The van der Waals surface area contributed by atoms with Gasteiger partial charge in [0.25, 0.3) is 0 Å².